The van der Waals surface area contributed by atoms with Gasteiger partial charge in [-0.05, 0) is 36.1 Å². The molecule has 0 saturated carbocycles. The van der Waals surface area contributed by atoms with Crippen molar-refractivity contribution in [2.75, 3.05) is 18.6 Å². The van der Waals surface area contributed by atoms with Crippen molar-refractivity contribution in [2.45, 2.75) is 33.1 Å². The Morgan fingerprint density at radius 3 is 2.26 bits per heavy atom. The molecule has 2 aromatic rings. The average molecular weight is 367 g/mol. The maximum atomic E-state index is 12.7. The van der Waals surface area contributed by atoms with Crippen molar-refractivity contribution in [3.05, 3.63) is 53.6 Å². The second-order valence-electron chi connectivity index (χ2n) is 6.61. The Morgan fingerprint density at radius 2 is 1.67 bits per heavy atom. The molecule has 0 aliphatic carbocycles. The van der Waals surface area contributed by atoms with Crippen molar-refractivity contribution in [1.29, 1.82) is 0 Å². The standard InChI is InChI=1S/C22H25NO4/c1-4-15-9-8-10-16(5-2)21(15)23-14-17(13-20(23)24)22(25)27-19-12-7-6-11-18(19)26-3/h6-12,17H,4-5,13-14H2,1-3H3/t17-/m0/s1. The molecule has 0 aromatic heterocycles. The molecule has 0 radical (unpaired) electrons. The molecule has 1 amide bonds. The first kappa shape index (κ1) is 19.0. The van der Waals surface area contributed by atoms with Crippen LogP contribution in [0.3, 0.4) is 0 Å². The fourth-order valence-electron chi connectivity index (χ4n) is 3.54. The number of carbonyl (C=O) groups excluding carboxylic acids is 2. The van der Waals surface area contributed by atoms with Gasteiger partial charge in [-0.1, -0.05) is 44.2 Å². The molecule has 0 unspecified atom stereocenters. The summed E-state index contributed by atoms with van der Waals surface area (Å²) in [6.07, 6.45) is 1.84. The van der Waals surface area contributed by atoms with Gasteiger partial charge in [0, 0.05) is 18.7 Å². The number of carbonyl (C=O) groups is 2. The quantitative estimate of drug-likeness (QED) is 0.576. The van der Waals surface area contributed by atoms with Crippen molar-refractivity contribution in [1.82, 2.24) is 0 Å². The van der Waals surface area contributed by atoms with E-state index in [0.29, 0.717) is 18.0 Å². The SMILES string of the molecule is CCc1cccc(CC)c1N1C[C@@H](C(=O)Oc2ccccc2OC)CC1=O. The molecule has 27 heavy (non-hydrogen) atoms. The van der Waals surface area contributed by atoms with Crippen molar-refractivity contribution < 1.29 is 19.1 Å². The molecule has 0 bridgehead atoms. The Balaban J connectivity index is 1.81. The molecule has 2 aromatic carbocycles. The lowest BCUT2D eigenvalue weighted by Crippen LogP contribution is -2.29. The number of amides is 1. The van der Waals surface area contributed by atoms with Crippen LogP contribution in [-0.2, 0) is 22.4 Å². The summed E-state index contributed by atoms with van der Waals surface area (Å²) in [4.78, 5) is 27.1. The van der Waals surface area contributed by atoms with Gasteiger partial charge in [0.25, 0.3) is 0 Å². The molecule has 1 heterocycles. The van der Waals surface area contributed by atoms with Crippen LogP contribution in [0, 0.1) is 5.92 Å². The Morgan fingerprint density at radius 1 is 1.04 bits per heavy atom. The smallest absolute Gasteiger partial charge is 0.316 e. The van der Waals surface area contributed by atoms with Crippen LogP contribution in [0.15, 0.2) is 42.5 Å². The lowest BCUT2D eigenvalue weighted by molar-refractivity contribution is -0.139. The van der Waals surface area contributed by atoms with E-state index in [1.54, 1.807) is 23.1 Å². The Kier molecular flexibility index (Phi) is 5.79. The number of para-hydroxylation sites is 3. The molecule has 5 nitrogen and oxygen atoms in total. The van der Waals surface area contributed by atoms with Crippen LogP contribution in [0.1, 0.15) is 31.4 Å². The molecular weight excluding hydrogens is 342 g/mol. The van der Waals surface area contributed by atoms with Gasteiger partial charge in [0.15, 0.2) is 11.5 Å². The number of anilines is 1. The molecule has 1 aliphatic rings. The van der Waals surface area contributed by atoms with E-state index in [0.717, 1.165) is 29.7 Å². The molecule has 5 heteroatoms. The fraction of sp³-hybridized carbons (Fsp3) is 0.364. The summed E-state index contributed by atoms with van der Waals surface area (Å²) < 4.78 is 10.7. The molecule has 1 saturated heterocycles. The second kappa shape index (κ2) is 8.25. The summed E-state index contributed by atoms with van der Waals surface area (Å²) in [5.74, 6) is -0.0530. The predicted octanol–water partition coefficient (Wildman–Crippen LogP) is 3.78. The molecule has 0 spiro atoms. The van der Waals surface area contributed by atoms with Crippen LogP contribution in [0.5, 0.6) is 11.5 Å². The van der Waals surface area contributed by atoms with Crippen molar-refractivity contribution in [3.8, 4) is 11.5 Å². The number of methoxy groups -OCH3 is 1. The lowest BCUT2D eigenvalue weighted by atomic mass is 10.0. The zero-order chi connectivity index (χ0) is 19.4. The van der Waals surface area contributed by atoms with Crippen LogP contribution in [0.25, 0.3) is 0 Å². The Labute approximate surface area is 159 Å². The van der Waals surface area contributed by atoms with Gasteiger partial charge in [0.05, 0.1) is 13.0 Å². The van der Waals surface area contributed by atoms with Gasteiger partial charge in [-0.2, -0.15) is 0 Å². The first-order valence-corrected chi connectivity index (χ1v) is 9.34. The highest BCUT2D eigenvalue weighted by molar-refractivity contribution is 6.01. The molecule has 1 aliphatic heterocycles. The maximum absolute atomic E-state index is 12.7. The number of aryl methyl sites for hydroxylation is 2. The first-order valence-electron chi connectivity index (χ1n) is 9.34. The summed E-state index contributed by atoms with van der Waals surface area (Å²) in [7, 11) is 1.53. The van der Waals surface area contributed by atoms with E-state index in [4.69, 9.17) is 9.47 Å². The average Bonchev–Trinajstić information content (AvgIpc) is 3.09. The summed E-state index contributed by atoms with van der Waals surface area (Å²) >= 11 is 0. The number of benzene rings is 2. The zero-order valence-corrected chi connectivity index (χ0v) is 16.0. The minimum absolute atomic E-state index is 0.0347. The maximum Gasteiger partial charge on any atom is 0.316 e. The second-order valence-corrected chi connectivity index (χ2v) is 6.61. The molecule has 142 valence electrons. The molecule has 1 fully saturated rings. The summed E-state index contributed by atoms with van der Waals surface area (Å²) in [5, 5.41) is 0. The van der Waals surface area contributed by atoms with Gasteiger partial charge in [-0.15, -0.1) is 0 Å². The van der Waals surface area contributed by atoms with Gasteiger partial charge >= 0.3 is 5.97 Å². The molecule has 1 atom stereocenters. The highest BCUT2D eigenvalue weighted by atomic mass is 16.6. The number of ether oxygens (including phenoxy) is 2. The van der Waals surface area contributed by atoms with Gasteiger partial charge in [-0.3, -0.25) is 9.59 Å². The predicted molar refractivity (Wildman–Crippen MR) is 104 cm³/mol. The molecule has 0 N–H and O–H groups in total. The van der Waals surface area contributed by atoms with Crippen LogP contribution in [0.2, 0.25) is 0 Å². The first-order chi connectivity index (χ1) is 13.1. The van der Waals surface area contributed by atoms with Crippen molar-refractivity contribution in [3.63, 3.8) is 0 Å². The van der Waals surface area contributed by atoms with E-state index >= 15 is 0 Å². The van der Waals surface area contributed by atoms with Crippen molar-refractivity contribution in [2.24, 2.45) is 5.92 Å². The highest BCUT2D eigenvalue weighted by Gasteiger charge is 2.38. The van der Waals surface area contributed by atoms with E-state index in [9.17, 15) is 9.59 Å². The van der Waals surface area contributed by atoms with Gasteiger partial charge in [0.2, 0.25) is 5.91 Å². The Hall–Kier alpha value is -2.82. The van der Waals surface area contributed by atoms with Crippen LogP contribution in [-0.4, -0.2) is 25.5 Å². The van der Waals surface area contributed by atoms with E-state index in [1.165, 1.54) is 7.11 Å². The number of hydrogen-bond acceptors (Lipinski definition) is 4. The van der Waals surface area contributed by atoms with Crippen LogP contribution >= 0.6 is 0 Å². The third-order valence-corrected chi connectivity index (χ3v) is 4.97. The van der Waals surface area contributed by atoms with E-state index in [2.05, 4.69) is 13.8 Å². The van der Waals surface area contributed by atoms with Crippen LogP contribution in [0.4, 0.5) is 5.69 Å². The summed E-state index contributed by atoms with van der Waals surface area (Å²) in [6, 6.07) is 13.1. The van der Waals surface area contributed by atoms with E-state index in [-0.39, 0.29) is 12.3 Å². The normalized spacial score (nSPS) is 16.5. The number of nitrogens with zero attached hydrogens (tertiary/aromatic N) is 1. The Bertz CT molecular complexity index is 824. The van der Waals surface area contributed by atoms with Gasteiger partial charge < -0.3 is 14.4 Å². The summed E-state index contributed by atoms with van der Waals surface area (Å²) in [6.45, 7) is 4.50. The minimum Gasteiger partial charge on any atom is -0.493 e. The fourth-order valence-corrected chi connectivity index (χ4v) is 3.54. The zero-order valence-electron chi connectivity index (χ0n) is 16.0. The van der Waals surface area contributed by atoms with Crippen LogP contribution < -0.4 is 14.4 Å². The topological polar surface area (TPSA) is 55.8 Å². The molecular formula is C22H25NO4. The highest BCUT2D eigenvalue weighted by Crippen LogP contribution is 2.34. The van der Waals surface area contributed by atoms with E-state index in [1.807, 2.05) is 24.3 Å². The third kappa shape index (κ3) is 3.82. The summed E-state index contributed by atoms with van der Waals surface area (Å²) in [5.41, 5.74) is 3.21. The minimum atomic E-state index is -0.489. The van der Waals surface area contributed by atoms with Crippen molar-refractivity contribution >= 4 is 17.6 Å². The molecule has 3 rings (SSSR count). The lowest BCUT2D eigenvalue weighted by Gasteiger charge is -2.23. The number of rotatable bonds is 6. The largest absolute Gasteiger partial charge is 0.493 e. The van der Waals surface area contributed by atoms with E-state index < -0.39 is 11.9 Å². The van der Waals surface area contributed by atoms with Gasteiger partial charge in [-0.25, -0.2) is 0 Å². The third-order valence-electron chi connectivity index (χ3n) is 4.97. The number of hydrogen-bond donors (Lipinski definition) is 0. The monoisotopic (exact) mass is 367 g/mol. The number of esters is 1. The van der Waals surface area contributed by atoms with Gasteiger partial charge in [0.1, 0.15) is 0 Å².